The fourth-order valence-electron chi connectivity index (χ4n) is 2.21. The van der Waals surface area contributed by atoms with Gasteiger partial charge >= 0.3 is 0 Å². The molecule has 5 heteroatoms. The highest BCUT2D eigenvalue weighted by atomic mass is 32.2. The molecule has 0 saturated carbocycles. The Morgan fingerprint density at radius 2 is 1.91 bits per heavy atom. The van der Waals surface area contributed by atoms with Crippen LogP contribution >= 0.6 is 11.8 Å². The first kappa shape index (κ1) is 14.9. The molecule has 0 atom stereocenters. The molecular weight excluding hydrogens is 294 g/mol. The summed E-state index contributed by atoms with van der Waals surface area (Å²) < 4.78 is 7.34. The van der Waals surface area contributed by atoms with E-state index in [1.165, 1.54) is 11.1 Å². The molecule has 0 bridgehead atoms. The van der Waals surface area contributed by atoms with E-state index in [2.05, 4.69) is 48.3 Å². The first-order valence-electron chi connectivity index (χ1n) is 7.30. The van der Waals surface area contributed by atoms with E-state index in [1.807, 2.05) is 23.7 Å². The zero-order chi connectivity index (χ0) is 15.5. The lowest BCUT2D eigenvalue weighted by atomic mass is 10.0. The van der Waals surface area contributed by atoms with Crippen LogP contribution < -0.4 is 0 Å². The van der Waals surface area contributed by atoms with Crippen LogP contribution in [0.3, 0.4) is 0 Å². The molecule has 2 heterocycles. The predicted octanol–water partition coefficient (Wildman–Crippen LogP) is 4.49. The van der Waals surface area contributed by atoms with Crippen molar-refractivity contribution in [1.82, 2.24) is 14.8 Å². The molecule has 0 aliphatic heterocycles. The van der Waals surface area contributed by atoms with Crippen LogP contribution in [0, 0.1) is 0 Å². The Hall–Kier alpha value is -2.01. The highest BCUT2D eigenvalue weighted by Crippen LogP contribution is 2.26. The zero-order valence-corrected chi connectivity index (χ0v) is 13.8. The number of rotatable bonds is 5. The van der Waals surface area contributed by atoms with Gasteiger partial charge in [-0.05, 0) is 29.2 Å². The highest BCUT2D eigenvalue weighted by molar-refractivity contribution is 7.98. The maximum atomic E-state index is 5.38. The molecule has 1 aromatic carbocycles. The third-order valence-corrected chi connectivity index (χ3v) is 4.68. The van der Waals surface area contributed by atoms with Gasteiger partial charge in [0.25, 0.3) is 0 Å². The summed E-state index contributed by atoms with van der Waals surface area (Å²) in [6.45, 7) is 4.42. The molecule has 3 aromatic rings. The Labute approximate surface area is 134 Å². The molecular formula is C17H19N3OS. The second-order valence-corrected chi connectivity index (χ2v) is 6.47. The lowest BCUT2D eigenvalue weighted by Crippen LogP contribution is -1.94. The summed E-state index contributed by atoms with van der Waals surface area (Å²) in [5, 5.41) is 9.34. The van der Waals surface area contributed by atoms with Crippen LogP contribution in [-0.2, 0) is 12.8 Å². The van der Waals surface area contributed by atoms with Crippen molar-refractivity contribution in [3.63, 3.8) is 0 Å². The minimum Gasteiger partial charge on any atom is -0.461 e. The molecule has 0 amide bonds. The quantitative estimate of drug-likeness (QED) is 0.651. The molecule has 0 fully saturated rings. The molecule has 0 N–H and O–H groups in total. The number of nitrogens with zero attached hydrogens (tertiary/aromatic N) is 3. The first-order valence-corrected chi connectivity index (χ1v) is 8.28. The molecule has 3 rings (SSSR count). The van der Waals surface area contributed by atoms with Gasteiger partial charge in [-0.2, -0.15) is 0 Å². The molecule has 0 spiro atoms. The standard InChI is InChI=1S/C17H19N3OS/c1-12(2)14-8-6-13(7-9-14)11-22-17-19-18-16(20(17)3)15-5-4-10-21-15/h4-10,12H,11H2,1-3H3. The van der Waals surface area contributed by atoms with Gasteiger partial charge in [0.15, 0.2) is 16.7 Å². The Balaban J connectivity index is 1.69. The number of aromatic nitrogens is 3. The van der Waals surface area contributed by atoms with Gasteiger partial charge in [-0.15, -0.1) is 10.2 Å². The van der Waals surface area contributed by atoms with E-state index in [9.17, 15) is 0 Å². The summed E-state index contributed by atoms with van der Waals surface area (Å²) in [7, 11) is 1.96. The molecule has 0 aliphatic rings. The van der Waals surface area contributed by atoms with Gasteiger partial charge < -0.3 is 8.98 Å². The lowest BCUT2D eigenvalue weighted by molar-refractivity contribution is 0.572. The Morgan fingerprint density at radius 3 is 2.55 bits per heavy atom. The molecule has 0 unspecified atom stereocenters. The van der Waals surface area contributed by atoms with Crippen molar-refractivity contribution in [2.45, 2.75) is 30.7 Å². The van der Waals surface area contributed by atoms with Crippen LogP contribution in [0.1, 0.15) is 30.9 Å². The second-order valence-electron chi connectivity index (χ2n) is 5.53. The average Bonchev–Trinajstić information content (AvgIpc) is 3.15. The minimum atomic E-state index is 0.566. The number of benzene rings is 1. The monoisotopic (exact) mass is 313 g/mol. The maximum absolute atomic E-state index is 5.38. The smallest absolute Gasteiger partial charge is 0.200 e. The number of furan rings is 1. The summed E-state index contributed by atoms with van der Waals surface area (Å²) in [6.07, 6.45) is 1.65. The fourth-order valence-corrected chi connectivity index (χ4v) is 3.07. The van der Waals surface area contributed by atoms with Gasteiger partial charge in [-0.1, -0.05) is 49.9 Å². The SMILES string of the molecule is CC(C)c1ccc(CSc2nnc(-c3ccco3)n2C)cc1. The largest absolute Gasteiger partial charge is 0.461 e. The fraction of sp³-hybridized carbons (Fsp3) is 0.294. The van der Waals surface area contributed by atoms with Crippen molar-refractivity contribution in [2.75, 3.05) is 0 Å². The van der Waals surface area contributed by atoms with Crippen molar-refractivity contribution >= 4 is 11.8 Å². The molecule has 22 heavy (non-hydrogen) atoms. The molecule has 2 aromatic heterocycles. The van der Waals surface area contributed by atoms with Gasteiger partial charge in [0.1, 0.15) is 0 Å². The highest BCUT2D eigenvalue weighted by Gasteiger charge is 2.13. The Morgan fingerprint density at radius 1 is 1.14 bits per heavy atom. The van der Waals surface area contributed by atoms with Gasteiger partial charge in [-0.3, -0.25) is 0 Å². The molecule has 0 radical (unpaired) electrons. The third kappa shape index (κ3) is 3.09. The van der Waals surface area contributed by atoms with Crippen molar-refractivity contribution in [1.29, 1.82) is 0 Å². The van der Waals surface area contributed by atoms with E-state index in [0.717, 1.165) is 22.5 Å². The predicted molar refractivity (Wildman–Crippen MR) is 88.8 cm³/mol. The lowest BCUT2D eigenvalue weighted by Gasteiger charge is -2.06. The van der Waals surface area contributed by atoms with Crippen LogP contribution in [0.25, 0.3) is 11.6 Å². The number of hydrogen-bond donors (Lipinski definition) is 0. The summed E-state index contributed by atoms with van der Waals surface area (Å²) in [5.74, 6) is 2.93. The van der Waals surface area contributed by atoms with Crippen molar-refractivity contribution in [3.8, 4) is 11.6 Å². The van der Waals surface area contributed by atoms with Crippen molar-refractivity contribution in [3.05, 3.63) is 53.8 Å². The Bertz CT molecular complexity index is 730. The van der Waals surface area contributed by atoms with Crippen LogP contribution in [0.5, 0.6) is 0 Å². The third-order valence-electron chi connectivity index (χ3n) is 3.59. The van der Waals surface area contributed by atoms with Gasteiger partial charge in [0.2, 0.25) is 0 Å². The summed E-state index contributed by atoms with van der Waals surface area (Å²) in [6, 6.07) is 12.5. The van der Waals surface area contributed by atoms with Crippen LogP contribution in [0.2, 0.25) is 0 Å². The Kier molecular flexibility index (Phi) is 4.34. The van der Waals surface area contributed by atoms with Crippen LogP contribution in [-0.4, -0.2) is 14.8 Å². The normalized spacial score (nSPS) is 11.3. The molecule has 114 valence electrons. The van der Waals surface area contributed by atoms with E-state index in [0.29, 0.717) is 5.92 Å². The topological polar surface area (TPSA) is 43.9 Å². The van der Waals surface area contributed by atoms with Crippen molar-refractivity contribution in [2.24, 2.45) is 7.05 Å². The van der Waals surface area contributed by atoms with Gasteiger partial charge in [0, 0.05) is 12.8 Å². The van der Waals surface area contributed by atoms with Crippen LogP contribution in [0.15, 0.2) is 52.2 Å². The maximum Gasteiger partial charge on any atom is 0.200 e. The van der Waals surface area contributed by atoms with Gasteiger partial charge in [-0.25, -0.2) is 0 Å². The average molecular weight is 313 g/mol. The van der Waals surface area contributed by atoms with E-state index in [1.54, 1.807) is 18.0 Å². The first-order chi connectivity index (χ1) is 10.6. The van der Waals surface area contributed by atoms with E-state index in [-0.39, 0.29) is 0 Å². The summed E-state index contributed by atoms with van der Waals surface area (Å²) in [4.78, 5) is 0. The summed E-state index contributed by atoms with van der Waals surface area (Å²) >= 11 is 1.68. The number of hydrogen-bond acceptors (Lipinski definition) is 4. The second kappa shape index (κ2) is 6.40. The van der Waals surface area contributed by atoms with E-state index >= 15 is 0 Å². The van der Waals surface area contributed by atoms with Gasteiger partial charge in [0.05, 0.1) is 6.26 Å². The van der Waals surface area contributed by atoms with E-state index < -0.39 is 0 Å². The zero-order valence-electron chi connectivity index (χ0n) is 13.0. The molecule has 4 nitrogen and oxygen atoms in total. The number of thioether (sulfide) groups is 1. The van der Waals surface area contributed by atoms with E-state index in [4.69, 9.17) is 4.42 Å². The molecule has 0 aliphatic carbocycles. The van der Waals surface area contributed by atoms with Crippen LogP contribution in [0.4, 0.5) is 0 Å². The van der Waals surface area contributed by atoms with Crippen molar-refractivity contribution < 1.29 is 4.42 Å². The minimum absolute atomic E-state index is 0.566. The summed E-state index contributed by atoms with van der Waals surface area (Å²) in [5.41, 5.74) is 2.66. The molecule has 0 saturated heterocycles.